The number of carbonyl (C=O) groups excluding carboxylic acids is 1. The van der Waals surface area contributed by atoms with Crippen molar-refractivity contribution in [2.45, 2.75) is 57.8 Å². The molecule has 0 radical (unpaired) electrons. The Morgan fingerprint density at radius 3 is 2.19 bits per heavy atom. The van der Waals surface area contributed by atoms with E-state index in [4.69, 9.17) is 4.74 Å². The highest BCUT2D eigenvalue weighted by Crippen LogP contribution is 2.40. The summed E-state index contributed by atoms with van der Waals surface area (Å²) in [6, 6.07) is 16.7. The second-order valence-corrected chi connectivity index (χ2v) is 11.4. The largest absolute Gasteiger partial charge is 0.492 e. The SMILES string of the molecule is O=C(CCCCCCN1CCCC1)c1c(-c2ccc(OCCN3CCCC3)cc2)sc2ccccc12. The van der Waals surface area contributed by atoms with E-state index >= 15 is 0 Å². The van der Waals surface area contributed by atoms with E-state index in [9.17, 15) is 4.79 Å². The molecule has 0 unspecified atom stereocenters. The average molecular weight is 505 g/mol. The Hall–Kier alpha value is -2.21. The zero-order valence-electron chi connectivity index (χ0n) is 21.6. The van der Waals surface area contributed by atoms with Crippen LogP contribution in [0.5, 0.6) is 5.75 Å². The maximum atomic E-state index is 13.5. The molecule has 3 aromatic rings. The molecular formula is C31H40N2O2S. The normalized spacial score (nSPS) is 16.8. The zero-order chi connectivity index (χ0) is 24.6. The monoisotopic (exact) mass is 504 g/mol. The Bertz CT molecular complexity index is 1110. The summed E-state index contributed by atoms with van der Waals surface area (Å²) < 4.78 is 7.19. The van der Waals surface area contributed by atoms with Crippen molar-refractivity contribution in [3.05, 3.63) is 54.1 Å². The summed E-state index contributed by atoms with van der Waals surface area (Å²) in [6.45, 7) is 7.90. The third kappa shape index (κ3) is 6.56. The highest BCUT2D eigenvalue weighted by atomic mass is 32.1. The molecular weight excluding hydrogens is 464 g/mol. The lowest BCUT2D eigenvalue weighted by atomic mass is 9.98. The molecule has 0 atom stereocenters. The third-order valence-electron chi connectivity index (χ3n) is 7.69. The molecule has 2 saturated heterocycles. The highest BCUT2D eigenvalue weighted by molar-refractivity contribution is 7.22. The lowest BCUT2D eigenvalue weighted by Crippen LogP contribution is -2.25. The summed E-state index contributed by atoms with van der Waals surface area (Å²) in [5.41, 5.74) is 2.02. The smallest absolute Gasteiger partial charge is 0.164 e. The van der Waals surface area contributed by atoms with Gasteiger partial charge in [0.15, 0.2) is 5.78 Å². The molecule has 0 amide bonds. The summed E-state index contributed by atoms with van der Waals surface area (Å²) >= 11 is 1.73. The number of Topliss-reactive ketones (excluding diaryl/α,β-unsaturated/α-hetero) is 1. The first-order valence-electron chi connectivity index (χ1n) is 14.0. The highest BCUT2D eigenvalue weighted by Gasteiger charge is 2.20. The first kappa shape index (κ1) is 25.4. The Morgan fingerprint density at radius 2 is 1.44 bits per heavy atom. The Morgan fingerprint density at radius 1 is 0.778 bits per heavy atom. The van der Waals surface area contributed by atoms with Gasteiger partial charge in [-0.3, -0.25) is 9.69 Å². The lowest BCUT2D eigenvalue weighted by Gasteiger charge is -2.15. The summed E-state index contributed by atoms with van der Waals surface area (Å²) in [5.74, 6) is 1.19. The Kier molecular flexibility index (Phi) is 9.08. The van der Waals surface area contributed by atoms with Gasteiger partial charge < -0.3 is 9.64 Å². The standard InChI is InChI=1S/C31H40N2O2S/c34-28(12-3-1-2-6-18-32-19-7-8-20-32)30-27-11-4-5-13-29(27)36-31(30)25-14-16-26(17-15-25)35-24-23-33-21-9-10-22-33/h4-5,11,13-17H,1-3,6-10,12,18-24H2. The van der Waals surface area contributed by atoms with E-state index in [1.165, 1.54) is 75.9 Å². The summed E-state index contributed by atoms with van der Waals surface area (Å²) in [6.07, 6.45) is 10.6. The van der Waals surface area contributed by atoms with Crippen LogP contribution < -0.4 is 4.74 Å². The first-order chi connectivity index (χ1) is 17.8. The molecule has 4 nitrogen and oxygen atoms in total. The number of nitrogens with zero attached hydrogens (tertiary/aromatic N) is 2. The molecule has 0 saturated carbocycles. The van der Waals surface area contributed by atoms with Gasteiger partial charge in [0.05, 0.1) is 0 Å². The maximum Gasteiger partial charge on any atom is 0.164 e. The van der Waals surface area contributed by atoms with Crippen LogP contribution in [-0.4, -0.2) is 61.5 Å². The van der Waals surface area contributed by atoms with Gasteiger partial charge in [-0.05, 0) is 107 Å². The van der Waals surface area contributed by atoms with Gasteiger partial charge in [0.1, 0.15) is 12.4 Å². The minimum absolute atomic E-state index is 0.285. The van der Waals surface area contributed by atoms with Gasteiger partial charge in [-0.2, -0.15) is 0 Å². The van der Waals surface area contributed by atoms with Gasteiger partial charge in [0.2, 0.25) is 0 Å². The van der Waals surface area contributed by atoms with E-state index in [0.29, 0.717) is 6.42 Å². The minimum Gasteiger partial charge on any atom is -0.492 e. The molecule has 0 aliphatic carbocycles. The molecule has 5 rings (SSSR count). The minimum atomic E-state index is 0.285. The van der Waals surface area contributed by atoms with Crippen LogP contribution in [0.4, 0.5) is 0 Å². The molecule has 2 aromatic carbocycles. The summed E-state index contributed by atoms with van der Waals surface area (Å²) in [7, 11) is 0. The third-order valence-corrected chi connectivity index (χ3v) is 8.91. The van der Waals surface area contributed by atoms with Crippen LogP contribution in [0.3, 0.4) is 0 Å². The molecule has 0 spiro atoms. The molecule has 0 N–H and O–H groups in total. The first-order valence-corrected chi connectivity index (χ1v) is 14.8. The van der Waals surface area contributed by atoms with Gasteiger partial charge in [0.25, 0.3) is 0 Å². The fourth-order valence-corrected chi connectivity index (χ4v) is 6.86. The number of hydrogen-bond donors (Lipinski definition) is 0. The van der Waals surface area contributed by atoms with E-state index in [2.05, 4.69) is 52.3 Å². The molecule has 36 heavy (non-hydrogen) atoms. The fourth-order valence-electron chi connectivity index (χ4n) is 5.63. The Labute approximate surface area is 220 Å². The van der Waals surface area contributed by atoms with Crippen LogP contribution in [0.25, 0.3) is 20.5 Å². The predicted octanol–water partition coefficient (Wildman–Crippen LogP) is 7.27. The van der Waals surface area contributed by atoms with E-state index in [0.717, 1.165) is 53.1 Å². The second-order valence-electron chi connectivity index (χ2n) is 10.4. The number of fused-ring (bicyclic) bond motifs is 1. The number of carbonyl (C=O) groups is 1. The quantitative estimate of drug-likeness (QED) is 0.181. The Balaban J connectivity index is 1.19. The lowest BCUT2D eigenvalue weighted by molar-refractivity contribution is 0.0981. The van der Waals surface area contributed by atoms with E-state index in [1.54, 1.807) is 11.3 Å². The van der Waals surface area contributed by atoms with Crippen LogP contribution in [0.2, 0.25) is 0 Å². The fraction of sp³-hybridized carbons (Fsp3) is 0.516. The summed E-state index contributed by atoms with van der Waals surface area (Å²) in [5, 5.41) is 1.10. The maximum absolute atomic E-state index is 13.5. The molecule has 0 bridgehead atoms. The zero-order valence-corrected chi connectivity index (χ0v) is 22.4. The van der Waals surface area contributed by atoms with Crippen LogP contribution in [-0.2, 0) is 0 Å². The van der Waals surface area contributed by atoms with Crippen molar-refractivity contribution in [3.63, 3.8) is 0 Å². The molecule has 1 aromatic heterocycles. The van der Waals surface area contributed by atoms with Gasteiger partial charge in [-0.1, -0.05) is 31.0 Å². The molecule has 2 fully saturated rings. The molecule has 3 heterocycles. The van der Waals surface area contributed by atoms with Gasteiger partial charge in [0, 0.05) is 33.5 Å². The molecule has 192 valence electrons. The number of ether oxygens (including phenoxy) is 1. The molecule has 2 aliphatic rings. The van der Waals surface area contributed by atoms with Crippen molar-refractivity contribution in [2.24, 2.45) is 0 Å². The van der Waals surface area contributed by atoms with Crippen molar-refractivity contribution in [2.75, 3.05) is 45.9 Å². The van der Waals surface area contributed by atoms with Crippen LogP contribution >= 0.6 is 11.3 Å². The number of unbranched alkanes of at least 4 members (excludes halogenated alkanes) is 3. The van der Waals surface area contributed by atoms with Crippen molar-refractivity contribution in [3.8, 4) is 16.2 Å². The second kappa shape index (κ2) is 12.8. The van der Waals surface area contributed by atoms with Gasteiger partial charge in [-0.15, -0.1) is 11.3 Å². The number of benzene rings is 2. The number of rotatable bonds is 13. The average Bonchev–Trinajstić information content (AvgIpc) is 3.68. The van der Waals surface area contributed by atoms with Crippen molar-refractivity contribution >= 4 is 27.2 Å². The van der Waals surface area contributed by atoms with Crippen LogP contribution in [0.1, 0.15) is 68.1 Å². The van der Waals surface area contributed by atoms with Crippen LogP contribution in [0.15, 0.2) is 48.5 Å². The number of likely N-dealkylation sites (tertiary alicyclic amines) is 2. The van der Waals surface area contributed by atoms with Gasteiger partial charge >= 0.3 is 0 Å². The van der Waals surface area contributed by atoms with Crippen LogP contribution in [0, 0.1) is 0 Å². The number of thiophene rings is 1. The van der Waals surface area contributed by atoms with E-state index in [-0.39, 0.29) is 5.78 Å². The van der Waals surface area contributed by atoms with E-state index < -0.39 is 0 Å². The van der Waals surface area contributed by atoms with Crippen molar-refractivity contribution in [1.82, 2.24) is 9.80 Å². The molecule has 5 heteroatoms. The van der Waals surface area contributed by atoms with Crippen molar-refractivity contribution in [1.29, 1.82) is 0 Å². The van der Waals surface area contributed by atoms with Gasteiger partial charge in [-0.25, -0.2) is 0 Å². The topological polar surface area (TPSA) is 32.8 Å². The number of hydrogen-bond acceptors (Lipinski definition) is 5. The molecule has 2 aliphatic heterocycles. The summed E-state index contributed by atoms with van der Waals surface area (Å²) in [4.78, 5) is 19.6. The number of ketones is 1. The predicted molar refractivity (Wildman–Crippen MR) is 152 cm³/mol. The van der Waals surface area contributed by atoms with Crippen molar-refractivity contribution < 1.29 is 9.53 Å². The van der Waals surface area contributed by atoms with E-state index in [1.807, 2.05) is 6.07 Å².